The summed E-state index contributed by atoms with van der Waals surface area (Å²) in [5, 5.41) is 19.2. The maximum Gasteiger partial charge on any atom is 0.163 e. The molecule has 5 heteroatoms. The zero-order valence-corrected chi connectivity index (χ0v) is 12.0. The molecule has 0 saturated heterocycles. The first-order valence-corrected chi connectivity index (χ1v) is 6.34. The van der Waals surface area contributed by atoms with E-state index in [0.717, 1.165) is 0 Å². The maximum absolute atomic E-state index is 11.4. The first-order valence-electron chi connectivity index (χ1n) is 5.96. The fourth-order valence-electron chi connectivity index (χ4n) is 1.76. The number of benzene rings is 1. The summed E-state index contributed by atoms with van der Waals surface area (Å²) in [4.78, 5) is 13.3. The van der Waals surface area contributed by atoms with Gasteiger partial charge >= 0.3 is 0 Å². The van der Waals surface area contributed by atoms with E-state index >= 15 is 0 Å². The van der Waals surface area contributed by atoms with Crippen molar-refractivity contribution in [2.75, 3.05) is 7.05 Å². The van der Waals surface area contributed by atoms with Gasteiger partial charge in [-0.25, -0.2) is 0 Å². The van der Waals surface area contributed by atoms with E-state index in [0.29, 0.717) is 23.6 Å². The molecular formula is C14H17ClN2O2. The van der Waals surface area contributed by atoms with Crippen molar-refractivity contribution in [2.45, 2.75) is 32.9 Å². The number of hydrogen-bond donors (Lipinski definition) is 1. The summed E-state index contributed by atoms with van der Waals surface area (Å²) in [5.74, 6) is -0.262. The molecule has 1 aromatic rings. The molecule has 0 aliphatic rings. The Morgan fingerprint density at radius 1 is 1.58 bits per heavy atom. The van der Waals surface area contributed by atoms with Gasteiger partial charge in [0.25, 0.3) is 0 Å². The fraction of sp³-hybridized carbons (Fsp3) is 0.429. The summed E-state index contributed by atoms with van der Waals surface area (Å²) in [5.41, 5.74) is 0.814. The molecule has 19 heavy (non-hydrogen) atoms. The minimum atomic E-state index is -0.228. The number of rotatable bonds is 5. The predicted molar refractivity (Wildman–Crippen MR) is 74.3 cm³/mol. The standard InChI is InChI=1S/C14H17ClN2O2/c1-9(4-5-16)17(3)8-11-6-12(15)7-13(10(2)18)14(11)19/h6-7,9,19H,4,8H2,1-3H3. The summed E-state index contributed by atoms with van der Waals surface area (Å²) in [6, 6.07) is 5.26. The molecular weight excluding hydrogens is 264 g/mol. The van der Waals surface area contributed by atoms with Gasteiger partial charge in [0.2, 0.25) is 0 Å². The summed E-state index contributed by atoms with van der Waals surface area (Å²) >= 11 is 5.96. The highest BCUT2D eigenvalue weighted by Gasteiger charge is 2.16. The van der Waals surface area contributed by atoms with E-state index in [1.165, 1.54) is 13.0 Å². The highest BCUT2D eigenvalue weighted by Crippen LogP contribution is 2.29. The molecule has 1 rings (SSSR count). The first kappa shape index (κ1) is 15.5. The molecule has 0 saturated carbocycles. The van der Waals surface area contributed by atoms with Crippen molar-refractivity contribution in [3.05, 3.63) is 28.3 Å². The monoisotopic (exact) mass is 280 g/mol. The second-order valence-electron chi connectivity index (χ2n) is 4.64. The molecule has 0 amide bonds. The molecule has 1 N–H and O–H groups in total. The van der Waals surface area contributed by atoms with Crippen LogP contribution in [0.4, 0.5) is 0 Å². The number of ketones is 1. The SMILES string of the molecule is CC(=O)c1cc(Cl)cc(CN(C)C(C)CC#N)c1O. The summed E-state index contributed by atoms with van der Waals surface area (Å²) in [6.45, 7) is 3.74. The van der Waals surface area contributed by atoms with Gasteiger partial charge in [-0.3, -0.25) is 9.69 Å². The van der Waals surface area contributed by atoms with Crippen LogP contribution < -0.4 is 0 Å². The highest BCUT2D eigenvalue weighted by atomic mass is 35.5. The average Bonchev–Trinajstić information content (AvgIpc) is 2.33. The molecule has 1 atom stereocenters. The molecule has 0 radical (unpaired) electrons. The lowest BCUT2D eigenvalue weighted by Gasteiger charge is -2.23. The Labute approximate surface area is 118 Å². The van der Waals surface area contributed by atoms with Crippen LogP contribution in [0.1, 0.15) is 36.2 Å². The smallest absolute Gasteiger partial charge is 0.163 e. The van der Waals surface area contributed by atoms with Crippen molar-refractivity contribution in [1.29, 1.82) is 5.26 Å². The number of phenols is 1. The predicted octanol–water partition coefficient (Wildman–Crippen LogP) is 2.98. The number of hydrogen-bond acceptors (Lipinski definition) is 4. The number of Topliss-reactive ketones (excluding diaryl/α,β-unsaturated/α-hetero) is 1. The second kappa shape index (κ2) is 6.55. The molecule has 1 unspecified atom stereocenters. The average molecular weight is 281 g/mol. The Morgan fingerprint density at radius 3 is 2.74 bits per heavy atom. The van der Waals surface area contributed by atoms with Crippen molar-refractivity contribution in [3.8, 4) is 11.8 Å². The van der Waals surface area contributed by atoms with E-state index < -0.39 is 0 Å². The molecule has 0 spiro atoms. The molecule has 4 nitrogen and oxygen atoms in total. The van der Waals surface area contributed by atoms with Crippen LogP contribution in [0.15, 0.2) is 12.1 Å². The normalized spacial score (nSPS) is 12.2. The molecule has 0 aromatic heterocycles. The number of carbonyl (C=O) groups is 1. The molecule has 0 aliphatic carbocycles. The molecule has 0 fully saturated rings. The third-order valence-electron chi connectivity index (χ3n) is 3.09. The van der Waals surface area contributed by atoms with Crippen LogP contribution >= 0.6 is 11.6 Å². The molecule has 1 aromatic carbocycles. The van der Waals surface area contributed by atoms with Gasteiger partial charge in [-0.1, -0.05) is 11.6 Å². The fourth-order valence-corrected chi connectivity index (χ4v) is 2.00. The van der Waals surface area contributed by atoms with Gasteiger partial charge in [0.15, 0.2) is 5.78 Å². The first-order chi connectivity index (χ1) is 8.86. The van der Waals surface area contributed by atoms with Gasteiger partial charge < -0.3 is 5.11 Å². The molecule has 102 valence electrons. The molecule has 0 aliphatic heterocycles. The number of nitrogens with zero attached hydrogens (tertiary/aromatic N) is 2. The molecule has 0 heterocycles. The lowest BCUT2D eigenvalue weighted by molar-refractivity contribution is 0.101. The van der Waals surface area contributed by atoms with E-state index in [2.05, 4.69) is 6.07 Å². The third kappa shape index (κ3) is 3.95. The summed E-state index contributed by atoms with van der Waals surface area (Å²) in [6.07, 6.45) is 0.400. The second-order valence-corrected chi connectivity index (χ2v) is 5.08. The van der Waals surface area contributed by atoms with Crippen LogP contribution in [0.25, 0.3) is 0 Å². The van der Waals surface area contributed by atoms with Crippen LogP contribution in [-0.2, 0) is 6.54 Å². The van der Waals surface area contributed by atoms with Crippen molar-refractivity contribution < 1.29 is 9.90 Å². The van der Waals surface area contributed by atoms with Crippen LogP contribution in [0.2, 0.25) is 5.02 Å². The quantitative estimate of drug-likeness (QED) is 0.842. The Kier molecular flexibility index (Phi) is 5.34. The van der Waals surface area contributed by atoms with E-state index in [9.17, 15) is 9.90 Å². The van der Waals surface area contributed by atoms with Crippen LogP contribution in [-0.4, -0.2) is 28.9 Å². The molecule has 0 bridgehead atoms. The van der Waals surface area contributed by atoms with Crippen LogP contribution in [0.5, 0.6) is 5.75 Å². The summed E-state index contributed by atoms with van der Waals surface area (Å²) < 4.78 is 0. The Morgan fingerprint density at radius 2 is 2.21 bits per heavy atom. The van der Waals surface area contributed by atoms with Crippen molar-refractivity contribution >= 4 is 17.4 Å². The Balaban J connectivity index is 3.02. The Bertz CT molecular complexity index is 523. The zero-order valence-electron chi connectivity index (χ0n) is 11.3. The van der Waals surface area contributed by atoms with Crippen LogP contribution in [0.3, 0.4) is 0 Å². The largest absolute Gasteiger partial charge is 0.507 e. The number of carbonyl (C=O) groups excluding carboxylic acids is 1. The van der Waals surface area contributed by atoms with Gasteiger partial charge in [-0.05, 0) is 33.0 Å². The van der Waals surface area contributed by atoms with E-state index in [1.54, 1.807) is 6.07 Å². The van der Waals surface area contributed by atoms with Crippen LogP contribution in [0, 0.1) is 11.3 Å². The van der Waals surface area contributed by atoms with E-state index in [1.807, 2.05) is 18.9 Å². The van der Waals surface area contributed by atoms with Gasteiger partial charge in [-0.2, -0.15) is 5.26 Å². The Hall–Kier alpha value is -1.57. The minimum absolute atomic E-state index is 0.0343. The lowest BCUT2D eigenvalue weighted by Crippen LogP contribution is -2.28. The minimum Gasteiger partial charge on any atom is -0.507 e. The highest BCUT2D eigenvalue weighted by molar-refractivity contribution is 6.31. The number of halogens is 1. The number of nitriles is 1. The number of phenolic OH excluding ortho intramolecular Hbond substituents is 1. The van der Waals surface area contributed by atoms with Gasteiger partial charge in [0.05, 0.1) is 18.1 Å². The van der Waals surface area contributed by atoms with Crippen molar-refractivity contribution in [3.63, 3.8) is 0 Å². The van der Waals surface area contributed by atoms with Crippen molar-refractivity contribution in [1.82, 2.24) is 4.90 Å². The van der Waals surface area contributed by atoms with E-state index in [4.69, 9.17) is 16.9 Å². The van der Waals surface area contributed by atoms with Crippen molar-refractivity contribution in [2.24, 2.45) is 0 Å². The van der Waals surface area contributed by atoms with Gasteiger partial charge in [-0.15, -0.1) is 0 Å². The van der Waals surface area contributed by atoms with E-state index in [-0.39, 0.29) is 23.1 Å². The van der Waals surface area contributed by atoms with Gasteiger partial charge in [0, 0.05) is 23.2 Å². The zero-order chi connectivity index (χ0) is 14.6. The number of aromatic hydroxyl groups is 1. The van der Waals surface area contributed by atoms with Gasteiger partial charge in [0.1, 0.15) is 5.75 Å². The lowest BCUT2D eigenvalue weighted by atomic mass is 10.0. The summed E-state index contributed by atoms with van der Waals surface area (Å²) in [7, 11) is 1.86. The topological polar surface area (TPSA) is 64.3 Å². The third-order valence-corrected chi connectivity index (χ3v) is 3.31. The maximum atomic E-state index is 11.4.